The number of ketones is 1. The minimum atomic E-state index is -1.80. The number of methoxy groups -OCH3 is 2. The number of carbonyl (C=O) groups excluding carboxylic acids is 2. The number of carbonyl (C=O) groups is 2. The molecule has 0 amide bonds. The van der Waals surface area contributed by atoms with Crippen LogP contribution in [0.2, 0.25) is 0 Å². The van der Waals surface area contributed by atoms with Crippen LogP contribution in [0.5, 0.6) is 11.5 Å². The van der Waals surface area contributed by atoms with E-state index in [1.807, 2.05) is 0 Å². The van der Waals surface area contributed by atoms with Crippen molar-refractivity contribution in [3.8, 4) is 11.5 Å². The number of esters is 1. The van der Waals surface area contributed by atoms with E-state index in [1.54, 1.807) is 18.2 Å². The molecule has 1 aromatic rings. The Balaban J connectivity index is 2.47. The topological polar surface area (TPSA) is 78.9 Å². The predicted octanol–water partition coefficient (Wildman–Crippen LogP) is 6.26. The van der Waals surface area contributed by atoms with Gasteiger partial charge in [0.2, 0.25) is 5.16 Å². The van der Waals surface area contributed by atoms with E-state index in [0.29, 0.717) is 24.3 Å². The van der Waals surface area contributed by atoms with Crippen LogP contribution >= 0.6 is 8.46 Å². The van der Waals surface area contributed by atoms with Crippen molar-refractivity contribution in [2.75, 3.05) is 20.8 Å². The summed E-state index contributed by atoms with van der Waals surface area (Å²) in [5, 5.41) is -1.80. The fourth-order valence-electron chi connectivity index (χ4n) is 4.59. The molecule has 2 rings (SSSR count). The zero-order valence-corrected chi connectivity index (χ0v) is 20.7. The van der Waals surface area contributed by atoms with Crippen molar-refractivity contribution in [2.24, 2.45) is 11.8 Å². The number of rotatable bonds is 13. The molecule has 2 atom stereocenters. The highest BCUT2D eigenvalue weighted by molar-refractivity contribution is 7.30. The van der Waals surface area contributed by atoms with Crippen LogP contribution in [0.4, 0.5) is 0 Å². The average molecular weight is 465 g/mol. The maximum atomic E-state index is 14.0. The monoisotopic (exact) mass is 464 g/mol. The molecule has 32 heavy (non-hydrogen) atoms. The highest BCUT2D eigenvalue weighted by Gasteiger charge is 2.56. The van der Waals surface area contributed by atoms with Gasteiger partial charge in [0.25, 0.3) is 0 Å². The van der Waals surface area contributed by atoms with Gasteiger partial charge in [-0.05, 0) is 43.2 Å². The summed E-state index contributed by atoms with van der Waals surface area (Å²) in [6.45, 7) is 4.43. The molecule has 1 saturated carbocycles. The first kappa shape index (κ1) is 26.3. The van der Waals surface area contributed by atoms with Gasteiger partial charge in [0, 0.05) is 0 Å². The van der Waals surface area contributed by atoms with E-state index in [2.05, 4.69) is 13.8 Å². The Labute approximate surface area is 193 Å². The van der Waals surface area contributed by atoms with Gasteiger partial charge in [-0.25, -0.2) is 0 Å². The molecule has 2 unspecified atom stereocenters. The number of Topliss-reactive ketones (excluding diaryl/α,β-unsaturated/α-hetero) is 1. The number of unbranched alkanes of at least 4 members (excludes halogenated alkanes) is 1. The molecule has 6 nitrogen and oxygen atoms in total. The first-order valence-electron chi connectivity index (χ1n) is 11.8. The van der Waals surface area contributed by atoms with E-state index < -0.39 is 25.4 Å². The van der Waals surface area contributed by atoms with Crippen molar-refractivity contribution in [3.63, 3.8) is 0 Å². The van der Waals surface area contributed by atoms with Crippen molar-refractivity contribution >= 4 is 20.2 Å². The van der Waals surface area contributed by atoms with Crippen molar-refractivity contribution < 1.29 is 28.4 Å². The Morgan fingerprint density at radius 1 is 1.09 bits per heavy atom. The summed E-state index contributed by atoms with van der Waals surface area (Å²) in [5.41, 5.74) is 0.140. The zero-order valence-electron chi connectivity index (χ0n) is 19.9. The lowest BCUT2D eigenvalue weighted by Gasteiger charge is -2.35. The SMILES string of the molecule is CCCCC(CC)COC(=O)C(P=O)(C(=O)c1c(OC)cccc1OC)C1CCCCC1. The molecule has 1 fully saturated rings. The molecule has 0 aliphatic heterocycles. The van der Waals surface area contributed by atoms with Crippen LogP contribution in [0.1, 0.15) is 82.0 Å². The summed E-state index contributed by atoms with van der Waals surface area (Å²) in [6, 6.07) is 5.00. The van der Waals surface area contributed by atoms with Crippen molar-refractivity contribution in [2.45, 2.75) is 76.8 Å². The molecule has 1 aliphatic carbocycles. The largest absolute Gasteiger partial charge is 0.496 e. The third-order valence-corrected chi connectivity index (χ3v) is 7.68. The van der Waals surface area contributed by atoms with Gasteiger partial charge >= 0.3 is 5.97 Å². The molecule has 178 valence electrons. The van der Waals surface area contributed by atoms with Gasteiger partial charge in [-0.1, -0.05) is 58.4 Å². The van der Waals surface area contributed by atoms with E-state index >= 15 is 0 Å². The van der Waals surface area contributed by atoms with Crippen LogP contribution in [0, 0.1) is 11.8 Å². The Kier molecular flexibility index (Phi) is 10.6. The molecule has 1 aromatic carbocycles. The van der Waals surface area contributed by atoms with Crippen LogP contribution in [0.15, 0.2) is 18.2 Å². The Bertz CT molecular complexity index is 751. The first-order valence-corrected chi connectivity index (χ1v) is 12.6. The molecule has 0 bridgehead atoms. The molecule has 0 radical (unpaired) electrons. The fourth-order valence-corrected chi connectivity index (χ4v) is 5.33. The number of ether oxygens (including phenoxy) is 3. The van der Waals surface area contributed by atoms with E-state index in [1.165, 1.54) is 14.2 Å². The van der Waals surface area contributed by atoms with Gasteiger partial charge in [0.15, 0.2) is 14.2 Å². The summed E-state index contributed by atoms with van der Waals surface area (Å²) < 4.78 is 29.3. The minimum Gasteiger partial charge on any atom is -0.496 e. The number of benzene rings is 1. The lowest BCUT2D eigenvalue weighted by atomic mass is 9.75. The Hall–Kier alpha value is -1.94. The molecule has 0 N–H and O–H groups in total. The second-order valence-electron chi connectivity index (χ2n) is 8.57. The van der Waals surface area contributed by atoms with Crippen LogP contribution in [-0.4, -0.2) is 37.7 Å². The summed E-state index contributed by atoms with van der Waals surface area (Å²) >= 11 is 0. The van der Waals surface area contributed by atoms with E-state index in [-0.39, 0.29) is 24.0 Å². The fraction of sp³-hybridized carbons (Fsp3) is 0.680. The summed E-state index contributed by atoms with van der Waals surface area (Å²) in [4.78, 5) is 27.6. The zero-order chi connectivity index (χ0) is 23.6. The minimum absolute atomic E-state index is 0.140. The van der Waals surface area contributed by atoms with Crippen LogP contribution in [0.3, 0.4) is 0 Å². The lowest BCUT2D eigenvalue weighted by Crippen LogP contribution is -2.50. The van der Waals surface area contributed by atoms with E-state index in [4.69, 9.17) is 14.2 Å². The molecule has 0 heterocycles. The van der Waals surface area contributed by atoms with Crippen molar-refractivity contribution in [1.82, 2.24) is 0 Å². The Morgan fingerprint density at radius 3 is 2.22 bits per heavy atom. The average Bonchev–Trinajstić information content (AvgIpc) is 2.84. The van der Waals surface area contributed by atoms with Gasteiger partial charge in [-0.3, -0.25) is 14.2 Å². The maximum absolute atomic E-state index is 14.0. The second kappa shape index (κ2) is 12.9. The lowest BCUT2D eigenvalue weighted by molar-refractivity contribution is -0.148. The van der Waals surface area contributed by atoms with Crippen LogP contribution < -0.4 is 9.47 Å². The third-order valence-electron chi connectivity index (χ3n) is 6.65. The second-order valence-corrected chi connectivity index (χ2v) is 9.46. The molecule has 1 aliphatic rings. The molecule has 0 spiro atoms. The standard InChI is InChI=1S/C25H37O6P/c1-5-7-12-18(6-2)17-31-24(27)25(32-28,19-13-9-8-10-14-19)23(26)22-20(29-3)15-11-16-21(22)30-4/h11,15-16,18-19H,5-10,12-14,17H2,1-4H3. The smallest absolute Gasteiger partial charge is 0.332 e. The molecular formula is C25H37O6P. The van der Waals surface area contributed by atoms with Gasteiger partial charge in [0.1, 0.15) is 17.1 Å². The molecule has 0 aromatic heterocycles. The van der Waals surface area contributed by atoms with Gasteiger partial charge in [-0.15, -0.1) is 0 Å². The van der Waals surface area contributed by atoms with E-state index in [0.717, 1.165) is 44.9 Å². The highest BCUT2D eigenvalue weighted by atomic mass is 31.1. The van der Waals surface area contributed by atoms with Crippen molar-refractivity contribution in [1.29, 1.82) is 0 Å². The van der Waals surface area contributed by atoms with Gasteiger partial charge < -0.3 is 14.2 Å². The molecule has 0 saturated heterocycles. The summed E-state index contributed by atoms with van der Waals surface area (Å²) in [6.07, 6.45) is 8.09. The first-order chi connectivity index (χ1) is 15.5. The maximum Gasteiger partial charge on any atom is 0.332 e. The van der Waals surface area contributed by atoms with Crippen LogP contribution in [-0.2, 0) is 14.1 Å². The third kappa shape index (κ3) is 5.70. The predicted molar refractivity (Wildman–Crippen MR) is 125 cm³/mol. The van der Waals surface area contributed by atoms with Crippen LogP contribution in [0.25, 0.3) is 0 Å². The molecule has 7 heteroatoms. The van der Waals surface area contributed by atoms with E-state index in [9.17, 15) is 14.2 Å². The summed E-state index contributed by atoms with van der Waals surface area (Å²) in [7, 11) is 2.38. The molecular weight excluding hydrogens is 427 g/mol. The quantitative estimate of drug-likeness (QED) is 0.148. The van der Waals surface area contributed by atoms with Crippen molar-refractivity contribution in [3.05, 3.63) is 23.8 Å². The summed E-state index contributed by atoms with van der Waals surface area (Å²) in [5.74, 6) is -0.806. The van der Waals surface area contributed by atoms with Gasteiger partial charge in [-0.2, -0.15) is 0 Å². The number of hydrogen-bond acceptors (Lipinski definition) is 6. The number of hydrogen-bond donors (Lipinski definition) is 0. The Morgan fingerprint density at radius 2 is 1.72 bits per heavy atom. The normalized spacial score (nSPS) is 17.4. The highest BCUT2D eigenvalue weighted by Crippen LogP contribution is 2.46. The van der Waals surface area contributed by atoms with Gasteiger partial charge in [0.05, 0.1) is 20.8 Å².